The highest BCUT2D eigenvalue weighted by molar-refractivity contribution is 5.82. The van der Waals surface area contributed by atoms with E-state index >= 15 is 0 Å². The van der Waals surface area contributed by atoms with Crippen LogP contribution in [0.1, 0.15) is 47.1 Å². The second-order valence-electron chi connectivity index (χ2n) is 8.07. The fraction of sp³-hybridized carbons (Fsp3) is 0.421. The van der Waals surface area contributed by atoms with E-state index in [0.29, 0.717) is 0 Å². The Morgan fingerprint density at radius 1 is 0.870 bits per heavy atom. The first-order chi connectivity index (χ1) is 10.6. The summed E-state index contributed by atoms with van der Waals surface area (Å²) in [6.07, 6.45) is 1.96. The van der Waals surface area contributed by atoms with E-state index in [4.69, 9.17) is 4.98 Å². The molecule has 2 aromatic heterocycles. The number of nitrogens with zero attached hydrogens (tertiary/aromatic N) is 4. The van der Waals surface area contributed by atoms with Crippen molar-refractivity contribution in [2.24, 2.45) is 0 Å². The molecule has 0 bridgehead atoms. The Kier molecular flexibility index (Phi) is 3.51. The normalized spacial score (nSPS) is 12.8. The van der Waals surface area contributed by atoms with Crippen molar-refractivity contribution < 1.29 is 0 Å². The number of pyridine rings is 1. The lowest BCUT2D eigenvalue weighted by Crippen LogP contribution is -2.22. The molecule has 0 aliphatic carbocycles. The zero-order chi connectivity index (χ0) is 16.8. The van der Waals surface area contributed by atoms with Crippen LogP contribution in [0.4, 0.5) is 0 Å². The summed E-state index contributed by atoms with van der Waals surface area (Å²) in [7, 11) is 0. The average Bonchev–Trinajstić information content (AvgIpc) is 2.95. The number of benzene rings is 1. The van der Waals surface area contributed by atoms with Gasteiger partial charge in [0.25, 0.3) is 0 Å². The molecule has 0 atom stereocenters. The van der Waals surface area contributed by atoms with Crippen LogP contribution in [-0.2, 0) is 11.0 Å². The zero-order valence-corrected chi connectivity index (χ0v) is 14.8. The highest BCUT2D eigenvalue weighted by Crippen LogP contribution is 2.27. The third kappa shape index (κ3) is 3.11. The first-order valence-corrected chi connectivity index (χ1v) is 7.99. The number of rotatable bonds is 1. The molecule has 23 heavy (non-hydrogen) atoms. The first-order valence-electron chi connectivity index (χ1n) is 7.99. The highest BCUT2D eigenvalue weighted by atomic mass is 15.4. The Balaban J connectivity index is 2.02. The number of hydrogen-bond donors (Lipinski definition) is 0. The van der Waals surface area contributed by atoms with Crippen LogP contribution >= 0.6 is 0 Å². The summed E-state index contributed by atoms with van der Waals surface area (Å²) in [5.41, 5.74) is 4.03. The van der Waals surface area contributed by atoms with Gasteiger partial charge in [-0.05, 0) is 49.9 Å². The van der Waals surface area contributed by atoms with Gasteiger partial charge >= 0.3 is 0 Å². The summed E-state index contributed by atoms with van der Waals surface area (Å²) in [5, 5.41) is 9.64. The van der Waals surface area contributed by atoms with Crippen molar-refractivity contribution in [2.75, 3.05) is 0 Å². The molecule has 3 rings (SSSR count). The van der Waals surface area contributed by atoms with Crippen LogP contribution in [0.3, 0.4) is 0 Å². The van der Waals surface area contributed by atoms with E-state index in [1.807, 2.05) is 16.9 Å². The van der Waals surface area contributed by atoms with E-state index < -0.39 is 0 Å². The van der Waals surface area contributed by atoms with Crippen molar-refractivity contribution in [2.45, 2.75) is 52.5 Å². The van der Waals surface area contributed by atoms with Crippen LogP contribution in [0.25, 0.3) is 22.3 Å². The summed E-state index contributed by atoms with van der Waals surface area (Å²) in [6.45, 7) is 13.0. The minimum Gasteiger partial charge on any atom is -0.247 e. The molecule has 0 N–H and O–H groups in total. The Morgan fingerprint density at radius 3 is 2.22 bits per heavy atom. The van der Waals surface area contributed by atoms with E-state index in [1.165, 1.54) is 5.56 Å². The number of hydrogen-bond acceptors (Lipinski definition) is 3. The SMILES string of the molecule is CC(C)(C)c1ccc2nc(-c3cn(C(C)(C)C)nn3)ccc2c1. The van der Waals surface area contributed by atoms with Crippen molar-refractivity contribution in [3.63, 3.8) is 0 Å². The molecular formula is C19H24N4. The van der Waals surface area contributed by atoms with Crippen molar-refractivity contribution in [3.05, 3.63) is 42.1 Å². The van der Waals surface area contributed by atoms with Gasteiger partial charge in [-0.3, -0.25) is 0 Å². The monoisotopic (exact) mass is 308 g/mol. The van der Waals surface area contributed by atoms with Crippen LogP contribution in [0.15, 0.2) is 36.5 Å². The highest BCUT2D eigenvalue weighted by Gasteiger charge is 2.17. The summed E-state index contributed by atoms with van der Waals surface area (Å²) < 4.78 is 1.87. The summed E-state index contributed by atoms with van der Waals surface area (Å²) in [4.78, 5) is 4.75. The molecule has 4 nitrogen and oxygen atoms in total. The van der Waals surface area contributed by atoms with E-state index in [9.17, 15) is 0 Å². The summed E-state index contributed by atoms with van der Waals surface area (Å²) in [6, 6.07) is 10.6. The Labute approximate surface area is 137 Å². The van der Waals surface area contributed by atoms with E-state index in [2.05, 4.69) is 76.1 Å². The minimum absolute atomic E-state index is 0.0797. The smallest absolute Gasteiger partial charge is 0.131 e. The Bertz CT molecular complexity index is 848. The Hall–Kier alpha value is -2.23. The van der Waals surface area contributed by atoms with Gasteiger partial charge in [-0.15, -0.1) is 5.10 Å². The van der Waals surface area contributed by atoms with Crippen LogP contribution in [0.5, 0.6) is 0 Å². The predicted molar refractivity (Wildman–Crippen MR) is 94.5 cm³/mol. The van der Waals surface area contributed by atoms with Crippen molar-refractivity contribution in [1.82, 2.24) is 20.0 Å². The fourth-order valence-electron chi connectivity index (χ4n) is 2.44. The lowest BCUT2D eigenvalue weighted by atomic mass is 9.86. The molecule has 4 heteroatoms. The number of fused-ring (bicyclic) bond motifs is 1. The lowest BCUT2D eigenvalue weighted by Gasteiger charge is -2.19. The van der Waals surface area contributed by atoms with Crippen LogP contribution in [0, 0.1) is 0 Å². The maximum absolute atomic E-state index is 4.75. The van der Waals surface area contributed by atoms with Gasteiger partial charge in [0.05, 0.1) is 22.9 Å². The van der Waals surface area contributed by atoms with E-state index in [-0.39, 0.29) is 11.0 Å². The molecule has 0 spiro atoms. The molecule has 3 aromatic rings. The first kappa shape index (κ1) is 15.7. The molecule has 0 fully saturated rings. The van der Waals surface area contributed by atoms with Crippen LogP contribution in [0.2, 0.25) is 0 Å². The molecule has 0 aliphatic rings. The molecule has 0 radical (unpaired) electrons. The largest absolute Gasteiger partial charge is 0.247 e. The molecule has 0 aliphatic heterocycles. The van der Waals surface area contributed by atoms with E-state index in [1.54, 1.807) is 0 Å². The van der Waals surface area contributed by atoms with Crippen LogP contribution < -0.4 is 0 Å². The third-order valence-corrected chi connectivity index (χ3v) is 4.00. The average molecular weight is 308 g/mol. The zero-order valence-electron chi connectivity index (χ0n) is 14.8. The summed E-state index contributed by atoms with van der Waals surface area (Å²) >= 11 is 0. The standard InChI is InChI=1S/C19H24N4/c1-18(2,3)14-8-10-15-13(11-14)7-9-16(20-15)17-12-23(22-21-17)19(4,5)6/h7-12H,1-6H3. The lowest BCUT2D eigenvalue weighted by molar-refractivity contribution is 0.347. The van der Waals surface area contributed by atoms with Crippen molar-refractivity contribution in [3.8, 4) is 11.4 Å². The molecule has 2 heterocycles. The molecule has 1 aromatic carbocycles. The van der Waals surface area contributed by atoms with Gasteiger partial charge in [0.1, 0.15) is 5.69 Å². The third-order valence-electron chi connectivity index (χ3n) is 4.00. The molecule has 0 saturated heterocycles. The number of aromatic nitrogens is 4. The predicted octanol–water partition coefficient (Wildman–Crippen LogP) is 4.55. The van der Waals surface area contributed by atoms with Gasteiger partial charge in [-0.1, -0.05) is 38.1 Å². The summed E-state index contributed by atoms with van der Waals surface area (Å²) in [5.74, 6) is 0. The van der Waals surface area contributed by atoms with Gasteiger partial charge in [-0.2, -0.15) is 0 Å². The quantitative estimate of drug-likeness (QED) is 0.662. The Morgan fingerprint density at radius 2 is 1.61 bits per heavy atom. The van der Waals surface area contributed by atoms with Crippen molar-refractivity contribution >= 4 is 10.9 Å². The topological polar surface area (TPSA) is 43.6 Å². The second-order valence-corrected chi connectivity index (χ2v) is 8.07. The molecule has 0 unspecified atom stereocenters. The van der Waals surface area contributed by atoms with Crippen molar-refractivity contribution in [1.29, 1.82) is 0 Å². The van der Waals surface area contributed by atoms with Gasteiger partial charge in [-0.25, -0.2) is 9.67 Å². The van der Waals surface area contributed by atoms with Gasteiger partial charge < -0.3 is 0 Å². The maximum Gasteiger partial charge on any atom is 0.131 e. The second kappa shape index (κ2) is 5.15. The maximum atomic E-state index is 4.75. The molecule has 0 amide bonds. The molecule has 120 valence electrons. The van der Waals surface area contributed by atoms with Gasteiger partial charge in [0.15, 0.2) is 0 Å². The van der Waals surface area contributed by atoms with Gasteiger partial charge in [0, 0.05) is 5.39 Å². The molecular weight excluding hydrogens is 284 g/mol. The molecule has 0 saturated carbocycles. The fourth-order valence-corrected chi connectivity index (χ4v) is 2.44. The van der Waals surface area contributed by atoms with E-state index in [0.717, 1.165) is 22.3 Å². The van der Waals surface area contributed by atoms with Crippen LogP contribution in [-0.4, -0.2) is 20.0 Å². The van der Waals surface area contributed by atoms with Gasteiger partial charge in [0.2, 0.25) is 0 Å². The minimum atomic E-state index is -0.0797.